The minimum absolute atomic E-state index is 0.198. The van der Waals surface area contributed by atoms with Crippen LogP contribution in [0.1, 0.15) is 25.3 Å². The standard InChI is InChI=1S/C15H15N3O/c1-2-13(16)15-17-14(18-19-15)12-9-5-7-10-6-3-4-8-11(10)12/h3-9,13H,2,16H2,1H3/t13-/m0/s1. The highest BCUT2D eigenvalue weighted by molar-refractivity contribution is 5.94. The Kier molecular flexibility index (Phi) is 3.01. The summed E-state index contributed by atoms with van der Waals surface area (Å²) in [6, 6.07) is 14.0. The van der Waals surface area contributed by atoms with Crippen molar-refractivity contribution in [1.29, 1.82) is 0 Å². The summed E-state index contributed by atoms with van der Waals surface area (Å²) in [6.45, 7) is 1.99. The number of aromatic nitrogens is 2. The quantitative estimate of drug-likeness (QED) is 0.777. The van der Waals surface area contributed by atoms with Crippen LogP contribution in [0.3, 0.4) is 0 Å². The molecule has 96 valence electrons. The lowest BCUT2D eigenvalue weighted by molar-refractivity contribution is 0.352. The van der Waals surface area contributed by atoms with Crippen molar-refractivity contribution in [3.8, 4) is 11.4 Å². The van der Waals surface area contributed by atoms with Crippen molar-refractivity contribution < 1.29 is 4.52 Å². The van der Waals surface area contributed by atoms with Crippen molar-refractivity contribution in [3.63, 3.8) is 0 Å². The Balaban J connectivity index is 2.12. The van der Waals surface area contributed by atoms with E-state index in [1.807, 2.05) is 31.2 Å². The van der Waals surface area contributed by atoms with Crippen LogP contribution < -0.4 is 5.73 Å². The molecule has 3 aromatic rings. The third kappa shape index (κ3) is 2.11. The molecule has 3 rings (SSSR count). The summed E-state index contributed by atoms with van der Waals surface area (Å²) in [7, 11) is 0. The zero-order valence-corrected chi connectivity index (χ0v) is 10.7. The number of nitrogens with zero attached hydrogens (tertiary/aromatic N) is 2. The van der Waals surface area contributed by atoms with Crippen molar-refractivity contribution in [1.82, 2.24) is 10.1 Å². The average Bonchev–Trinajstić information content (AvgIpc) is 2.95. The van der Waals surface area contributed by atoms with Crippen molar-refractivity contribution in [3.05, 3.63) is 48.4 Å². The second-order valence-electron chi connectivity index (χ2n) is 4.50. The zero-order chi connectivity index (χ0) is 13.2. The molecule has 4 heteroatoms. The molecule has 0 unspecified atom stereocenters. The van der Waals surface area contributed by atoms with E-state index in [-0.39, 0.29) is 6.04 Å². The lowest BCUT2D eigenvalue weighted by Crippen LogP contribution is -2.08. The van der Waals surface area contributed by atoms with E-state index in [9.17, 15) is 0 Å². The predicted octanol–water partition coefficient (Wildman–Crippen LogP) is 3.30. The van der Waals surface area contributed by atoms with Gasteiger partial charge in [-0.15, -0.1) is 0 Å². The van der Waals surface area contributed by atoms with Crippen LogP contribution >= 0.6 is 0 Å². The van der Waals surface area contributed by atoms with E-state index < -0.39 is 0 Å². The molecule has 2 aromatic carbocycles. The van der Waals surface area contributed by atoms with Gasteiger partial charge in [-0.2, -0.15) is 4.98 Å². The van der Waals surface area contributed by atoms with Crippen LogP contribution in [-0.2, 0) is 0 Å². The Morgan fingerprint density at radius 3 is 2.79 bits per heavy atom. The van der Waals surface area contributed by atoms with Gasteiger partial charge >= 0.3 is 0 Å². The third-order valence-corrected chi connectivity index (χ3v) is 3.23. The molecule has 0 aliphatic rings. The molecular weight excluding hydrogens is 238 g/mol. The Hall–Kier alpha value is -2.20. The SMILES string of the molecule is CC[C@H](N)c1nc(-c2cccc3ccccc23)no1. The van der Waals surface area contributed by atoms with Gasteiger partial charge in [0.05, 0.1) is 6.04 Å². The van der Waals surface area contributed by atoms with Gasteiger partial charge in [0, 0.05) is 5.56 Å². The van der Waals surface area contributed by atoms with Crippen LogP contribution in [0.2, 0.25) is 0 Å². The lowest BCUT2D eigenvalue weighted by Gasteiger charge is -2.02. The van der Waals surface area contributed by atoms with Gasteiger partial charge in [-0.05, 0) is 17.2 Å². The molecule has 19 heavy (non-hydrogen) atoms. The van der Waals surface area contributed by atoms with E-state index in [2.05, 4.69) is 28.3 Å². The number of nitrogens with two attached hydrogens (primary N) is 1. The molecule has 0 amide bonds. The first kappa shape index (κ1) is 11.9. The van der Waals surface area contributed by atoms with Crippen LogP contribution in [0.4, 0.5) is 0 Å². The Morgan fingerprint density at radius 2 is 1.95 bits per heavy atom. The van der Waals surface area contributed by atoms with Gasteiger partial charge in [0.25, 0.3) is 0 Å². The molecule has 1 aromatic heterocycles. The maximum Gasteiger partial charge on any atom is 0.243 e. The van der Waals surface area contributed by atoms with E-state index in [0.717, 1.165) is 22.8 Å². The second kappa shape index (κ2) is 4.82. The first-order valence-electron chi connectivity index (χ1n) is 6.37. The van der Waals surface area contributed by atoms with Crippen LogP contribution in [-0.4, -0.2) is 10.1 Å². The topological polar surface area (TPSA) is 64.9 Å². The first-order chi connectivity index (χ1) is 9.29. The van der Waals surface area contributed by atoms with E-state index >= 15 is 0 Å². The molecule has 0 spiro atoms. The van der Waals surface area contributed by atoms with Gasteiger partial charge in [0.2, 0.25) is 11.7 Å². The monoisotopic (exact) mass is 253 g/mol. The average molecular weight is 253 g/mol. The summed E-state index contributed by atoms with van der Waals surface area (Å²) in [5, 5.41) is 6.31. The highest BCUT2D eigenvalue weighted by Crippen LogP contribution is 2.27. The maximum atomic E-state index is 5.90. The van der Waals surface area contributed by atoms with Gasteiger partial charge in [0.15, 0.2) is 0 Å². The van der Waals surface area contributed by atoms with Crippen molar-refractivity contribution in [2.75, 3.05) is 0 Å². The van der Waals surface area contributed by atoms with E-state index in [4.69, 9.17) is 10.3 Å². The van der Waals surface area contributed by atoms with Crippen molar-refractivity contribution in [2.24, 2.45) is 5.73 Å². The smallest absolute Gasteiger partial charge is 0.243 e. The highest BCUT2D eigenvalue weighted by Gasteiger charge is 2.15. The van der Waals surface area contributed by atoms with Crippen LogP contribution in [0.15, 0.2) is 47.0 Å². The fourth-order valence-corrected chi connectivity index (χ4v) is 2.09. The summed E-state index contributed by atoms with van der Waals surface area (Å²) in [5.74, 6) is 1.08. The zero-order valence-electron chi connectivity index (χ0n) is 10.7. The maximum absolute atomic E-state index is 5.90. The number of rotatable bonds is 3. The first-order valence-corrected chi connectivity index (χ1v) is 6.37. The third-order valence-electron chi connectivity index (χ3n) is 3.23. The van der Waals surface area contributed by atoms with Crippen molar-refractivity contribution >= 4 is 10.8 Å². The Labute approximate surface area is 111 Å². The van der Waals surface area contributed by atoms with Crippen molar-refractivity contribution in [2.45, 2.75) is 19.4 Å². The Bertz CT molecular complexity index is 700. The molecule has 1 heterocycles. The molecule has 0 bridgehead atoms. The summed E-state index contributed by atoms with van der Waals surface area (Å²) in [5.41, 5.74) is 6.87. The predicted molar refractivity (Wildman–Crippen MR) is 74.5 cm³/mol. The highest BCUT2D eigenvalue weighted by atomic mass is 16.5. The van der Waals surface area contributed by atoms with E-state index in [1.54, 1.807) is 0 Å². The fourth-order valence-electron chi connectivity index (χ4n) is 2.09. The number of fused-ring (bicyclic) bond motifs is 1. The minimum Gasteiger partial charge on any atom is -0.337 e. The molecule has 0 saturated heterocycles. The molecular formula is C15H15N3O. The molecule has 0 radical (unpaired) electrons. The van der Waals surface area contributed by atoms with E-state index in [1.165, 1.54) is 0 Å². The normalized spacial score (nSPS) is 12.7. The molecule has 2 N–H and O–H groups in total. The second-order valence-corrected chi connectivity index (χ2v) is 4.50. The summed E-state index contributed by atoms with van der Waals surface area (Å²) >= 11 is 0. The summed E-state index contributed by atoms with van der Waals surface area (Å²) in [6.07, 6.45) is 0.775. The minimum atomic E-state index is -0.198. The molecule has 1 atom stereocenters. The molecule has 4 nitrogen and oxygen atoms in total. The van der Waals surface area contributed by atoms with Gasteiger partial charge < -0.3 is 10.3 Å². The Morgan fingerprint density at radius 1 is 1.16 bits per heavy atom. The van der Waals surface area contributed by atoms with Gasteiger partial charge in [-0.1, -0.05) is 54.5 Å². The molecule has 0 aliphatic carbocycles. The van der Waals surface area contributed by atoms with Gasteiger partial charge in [-0.3, -0.25) is 0 Å². The van der Waals surface area contributed by atoms with Crippen LogP contribution in [0, 0.1) is 0 Å². The molecule has 0 saturated carbocycles. The largest absolute Gasteiger partial charge is 0.337 e. The number of hydrogen-bond acceptors (Lipinski definition) is 4. The van der Waals surface area contributed by atoms with Crippen LogP contribution in [0.25, 0.3) is 22.2 Å². The van der Waals surface area contributed by atoms with E-state index in [0.29, 0.717) is 11.7 Å². The summed E-state index contributed by atoms with van der Waals surface area (Å²) < 4.78 is 5.23. The molecule has 0 fully saturated rings. The molecule has 0 aliphatic heterocycles. The summed E-state index contributed by atoms with van der Waals surface area (Å²) in [4.78, 5) is 4.40. The van der Waals surface area contributed by atoms with Crippen LogP contribution in [0.5, 0.6) is 0 Å². The fraction of sp³-hybridized carbons (Fsp3) is 0.200. The van der Waals surface area contributed by atoms with Gasteiger partial charge in [0.1, 0.15) is 0 Å². The van der Waals surface area contributed by atoms with Gasteiger partial charge in [-0.25, -0.2) is 0 Å². The number of hydrogen-bond donors (Lipinski definition) is 1. The number of benzene rings is 2. The lowest BCUT2D eigenvalue weighted by atomic mass is 10.0.